The molecule has 0 aromatic heterocycles. The number of piperazine rings is 1. The van der Waals surface area contributed by atoms with Crippen LogP contribution in [0, 0.1) is 5.92 Å². The zero-order chi connectivity index (χ0) is 15.2. The van der Waals surface area contributed by atoms with Gasteiger partial charge in [0.25, 0.3) is 0 Å². The van der Waals surface area contributed by atoms with E-state index in [2.05, 4.69) is 5.32 Å². The van der Waals surface area contributed by atoms with Gasteiger partial charge in [-0.15, -0.1) is 0 Å². The Morgan fingerprint density at radius 2 is 1.95 bits per heavy atom. The van der Waals surface area contributed by atoms with Crippen molar-refractivity contribution in [1.29, 1.82) is 0 Å². The number of nitrogens with one attached hydrogen (secondary N) is 1. The number of hydrogen-bond acceptors (Lipinski definition) is 3. The SMILES string of the molecule is CCCC1NC(=O)C(C2CCCCC2)N(CCOC)C1=O. The topological polar surface area (TPSA) is 58.6 Å². The second-order valence-corrected chi connectivity index (χ2v) is 6.22. The van der Waals surface area contributed by atoms with Crippen molar-refractivity contribution in [2.75, 3.05) is 20.3 Å². The zero-order valence-electron chi connectivity index (χ0n) is 13.3. The largest absolute Gasteiger partial charge is 0.383 e. The monoisotopic (exact) mass is 296 g/mol. The zero-order valence-corrected chi connectivity index (χ0v) is 13.3. The van der Waals surface area contributed by atoms with Crippen molar-refractivity contribution >= 4 is 11.8 Å². The quantitative estimate of drug-likeness (QED) is 0.812. The Morgan fingerprint density at radius 1 is 1.24 bits per heavy atom. The van der Waals surface area contributed by atoms with Crippen LogP contribution in [0.15, 0.2) is 0 Å². The molecule has 5 nitrogen and oxygen atoms in total. The fourth-order valence-electron chi connectivity index (χ4n) is 3.64. The maximum Gasteiger partial charge on any atom is 0.245 e. The van der Waals surface area contributed by atoms with Gasteiger partial charge < -0.3 is 15.0 Å². The molecule has 0 aromatic rings. The lowest BCUT2D eigenvalue weighted by atomic mass is 9.81. The summed E-state index contributed by atoms with van der Waals surface area (Å²) in [5.74, 6) is 0.419. The van der Waals surface area contributed by atoms with Crippen LogP contribution in [0.25, 0.3) is 0 Å². The first-order valence-corrected chi connectivity index (χ1v) is 8.28. The van der Waals surface area contributed by atoms with Crippen LogP contribution in [0.5, 0.6) is 0 Å². The van der Waals surface area contributed by atoms with Gasteiger partial charge in [0.15, 0.2) is 0 Å². The highest BCUT2D eigenvalue weighted by molar-refractivity contribution is 5.97. The van der Waals surface area contributed by atoms with Crippen LogP contribution in [0.2, 0.25) is 0 Å². The van der Waals surface area contributed by atoms with Crippen LogP contribution in [-0.4, -0.2) is 49.1 Å². The molecule has 1 N–H and O–H groups in total. The smallest absolute Gasteiger partial charge is 0.245 e. The summed E-state index contributed by atoms with van der Waals surface area (Å²) in [4.78, 5) is 27.0. The molecule has 0 radical (unpaired) electrons. The molecule has 2 amide bonds. The van der Waals surface area contributed by atoms with Crippen molar-refractivity contribution < 1.29 is 14.3 Å². The van der Waals surface area contributed by atoms with E-state index in [1.165, 1.54) is 19.3 Å². The van der Waals surface area contributed by atoms with Crippen molar-refractivity contribution in [2.45, 2.75) is 64.0 Å². The second kappa shape index (κ2) is 7.78. The summed E-state index contributed by atoms with van der Waals surface area (Å²) in [5, 5.41) is 2.95. The Morgan fingerprint density at radius 3 is 2.57 bits per heavy atom. The van der Waals surface area contributed by atoms with Gasteiger partial charge in [0, 0.05) is 13.7 Å². The number of rotatable bonds is 6. The predicted octanol–water partition coefficient (Wildman–Crippen LogP) is 1.71. The third-order valence-corrected chi connectivity index (χ3v) is 4.71. The van der Waals surface area contributed by atoms with Gasteiger partial charge in [-0.3, -0.25) is 9.59 Å². The second-order valence-electron chi connectivity index (χ2n) is 6.22. The van der Waals surface area contributed by atoms with Crippen molar-refractivity contribution in [2.24, 2.45) is 5.92 Å². The standard InChI is InChI=1S/C16H28N2O3/c1-3-7-13-16(20)18(10-11-21-2)14(15(19)17-13)12-8-5-4-6-9-12/h12-14H,3-11H2,1-2H3,(H,17,19). The van der Waals surface area contributed by atoms with Gasteiger partial charge in [-0.25, -0.2) is 0 Å². The number of nitrogens with zero attached hydrogens (tertiary/aromatic N) is 1. The summed E-state index contributed by atoms with van der Waals surface area (Å²) < 4.78 is 5.13. The Bertz CT molecular complexity index is 367. The molecule has 2 atom stereocenters. The van der Waals surface area contributed by atoms with E-state index in [-0.39, 0.29) is 23.9 Å². The molecule has 1 aliphatic carbocycles. The molecule has 1 saturated carbocycles. The molecule has 2 unspecified atom stereocenters. The summed E-state index contributed by atoms with van der Waals surface area (Å²) in [7, 11) is 1.63. The van der Waals surface area contributed by atoms with Crippen LogP contribution in [-0.2, 0) is 14.3 Å². The molecule has 2 rings (SSSR count). The lowest BCUT2D eigenvalue weighted by molar-refractivity contribution is -0.153. The van der Waals surface area contributed by atoms with Crippen molar-refractivity contribution in [1.82, 2.24) is 10.2 Å². The minimum Gasteiger partial charge on any atom is -0.383 e. The highest BCUT2D eigenvalue weighted by Crippen LogP contribution is 2.31. The van der Waals surface area contributed by atoms with E-state index in [9.17, 15) is 9.59 Å². The molecule has 0 aromatic carbocycles. The van der Waals surface area contributed by atoms with E-state index in [1.807, 2.05) is 6.92 Å². The minimum absolute atomic E-state index is 0.0380. The Hall–Kier alpha value is -1.10. The molecule has 0 bridgehead atoms. The average molecular weight is 296 g/mol. The van der Waals surface area contributed by atoms with Gasteiger partial charge in [-0.05, 0) is 25.2 Å². The van der Waals surface area contributed by atoms with Crippen LogP contribution in [0.1, 0.15) is 51.9 Å². The lowest BCUT2D eigenvalue weighted by Crippen LogP contribution is -2.65. The van der Waals surface area contributed by atoms with Crippen LogP contribution >= 0.6 is 0 Å². The van der Waals surface area contributed by atoms with E-state index in [4.69, 9.17) is 4.74 Å². The third-order valence-electron chi connectivity index (χ3n) is 4.71. The average Bonchev–Trinajstić information content (AvgIpc) is 2.50. The minimum atomic E-state index is -0.348. The third kappa shape index (κ3) is 3.76. The number of carbonyl (C=O) groups is 2. The van der Waals surface area contributed by atoms with Crippen LogP contribution in [0.3, 0.4) is 0 Å². The Labute approximate surface area is 127 Å². The summed E-state index contributed by atoms with van der Waals surface area (Å²) in [5.41, 5.74) is 0. The maximum atomic E-state index is 12.7. The Balaban J connectivity index is 2.14. The molecular formula is C16H28N2O3. The van der Waals surface area contributed by atoms with Crippen LogP contribution < -0.4 is 5.32 Å². The van der Waals surface area contributed by atoms with Crippen molar-refractivity contribution in [3.8, 4) is 0 Å². The van der Waals surface area contributed by atoms with E-state index < -0.39 is 0 Å². The number of ether oxygens (including phenoxy) is 1. The van der Waals surface area contributed by atoms with Crippen LogP contribution in [0.4, 0.5) is 0 Å². The molecule has 5 heteroatoms. The fourth-order valence-corrected chi connectivity index (χ4v) is 3.64. The molecular weight excluding hydrogens is 268 g/mol. The van der Waals surface area contributed by atoms with E-state index in [0.29, 0.717) is 25.5 Å². The first-order valence-electron chi connectivity index (χ1n) is 8.28. The van der Waals surface area contributed by atoms with Gasteiger partial charge in [0.2, 0.25) is 11.8 Å². The highest BCUT2D eigenvalue weighted by atomic mass is 16.5. The first-order chi connectivity index (χ1) is 10.2. The molecule has 21 heavy (non-hydrogen) atoms. The van der Waals surface area contributed by atoms with Gasteiger partial charge in [0.1, 0.15) is 12.1 Å². The van der Waals surface area contributed by atoms with Gasteiger partial charge >= 0.3 is 0 Å². The molecule has 1 aliphatic heterocycles. The van der Waals surface area contributed by atoms with Gasteiger partial charge in [-0.1, -0.05) is 32.6 Å². The predicted molar refractivity (Wildman–Crippen MR) is 80.8 cm³/mol. The lowest BCUT2D eigenvalue weighted by Gasteiger charge is -2.43. The summed E-state index contributed by atoms with van der Waals surface area (Å²) in [6.07, 6.45) is 7.28. The molecule has 2 aliphatic rings. The normalized spacial score (nSPS) is 27.8. The van der Waals surface area contributed by atoms with E-state index >= 15 is 0 Å². The maximum absolute atomic E-state index is 12.7. The molecule has 1 heterocycles. The van der Waals surface area contributed by atoms with E-state index in [1.54, 1.807) is 12.0 Å². The summed E-state index contributed by atoms with van der Waals surface area (Å²) in [6.45, 7) is 3.04. The number of carbonyl (C=O) groups excluding carboxylic acids is 2. The van der Waals surface area contributed by atoms with Gasteiger partial charge in [0.05, 0.1) is 6.61 Å². The fraction of sp³-hybridized carbons (Fsp3) is 0.875. The molecule has 1 saturated heterocycles. The Kier molecular flexibility index (Phi) is 6.03. The van der Waals surface area contributed by atoms with Crippen molar-refractivity contribution in [3.05, 3.63) is 0 Å². The van der Waals surface area contributed by atoms with Gasteiger partial charge in [-0.2, -0.15) is 0 Å². The molecule has 120 valence electrons. The summed E-state index contributed by atoms with van der Waals surface area (Å²) in [6, 6.07) is -0.639. The van der Waals surface area contributed by atoms with E-state index in [0.717, 1.165) is 19.3 Å². The summed E-state index contributed by atoms with van der Waals surface area (Å²) >= 11 is 0. The molecule has 2 fully saturated rings. The number of amides is 2. The van der Waals surface area contributed by atoms with Crippen molar-refractivity contribution in [3.63, 3.8) is 0 Å². The number of hydrogen-bond donors (Lipinski definition) is 1. The molecule has 0 spiro atoms. The highest BCUT2D eigenvalue weighted by Gasteiger charge is 2.43. The first kappa shape index (κ1) is 16.3. The number of methoxy groups -OCH3 is 1.